The Morgan fingerprint density at radius 2 is 1.85 bits per heavy atom. The monoisotopic (exact) mass is 323 g/mol. The van der Waals surface area contributed by atoms with Crippen LogP contribution in [0.2, 0.25) is 0 Å². The molecular formula is C15H17NOS3. The van der Waals surface area contributed by atoms with E-state index in [1.54, 1.807) is 16.7 Å². The topological polar surface area (TPSA) is 20.3 Å². The van der Waals surface area contributed by atoms with E-state index in [4.69, 9.17) is 12.2 Å². The zero-order valence-electron chi connectivity index (χ0n) is 12.0. The van der Waals surface area contributed by atoms with Gasteiger partial charge >= 0.3 is 0 Å². The summed E-state index contributed by atoms with van der Waals surface area (Å²) in [6, 6.07) is 8.16. The molecule has 1 heterocycles. The minimum Gasteiger partial charge on any atom is -0.288 e. The van der Waals surface area contributed by atoms with Crippen LogP contribution >= 0.6 is 35.7 Å². The normalized spacial score (nSPS) is 18.2. The van der Waals surface area contributed by atoms with Gasteiger partial charge in [-0.3, -0.25) is 9.69 Å². The maximum atomic E-state index is 12.4. The highest BCUT2D eigenvalue weighted by molar-refractivity contribution is 8.26. The molecule has 0 aliphatic carbocycles. The molecule has 0 N–H and O–H groups in total. The molecule has 2 rings (SSSR count). The van der Waals surface area contributed by atoms with Gasteiger partial charge in [-0.25, -0.2) is 0 Å². The summed E-state index contributed by atoms with van der Waals surface area (Å²) in [6.07, 6.45) is 3.96. The Labute approximate surface area is 134 Å². The Bertz CT molecular complexity index is 570. The van der Waals surface area contributed by atoms with Crippen molar-refractivity contribution in [3.8, 4) is 0 Å². The Kier molecular flexibility index (Phi) is 4.62. The molecule has 1 saturated heterocycles. The van der Waals surface area contributed by atoms with Gasteiger partial charge in [0.15, 0.2) is 0 Å². The molecule has 0 aromatic heterocycles. The van der Waals surface area contributed by atoms with Crippen molar-refractivity contribution in [2.45, 2.75) is 31.2 Å². The highest BCUT2D eigenvalue weighted by Crippen LogP contribution is 2.36. The second-order valence-electron chi connectivity index (χ2n) is 5.46. The average Bonchev–Trinajstić information content (AvgIpc) is 2.64. The molecule has 0 unspecified atom stereocenters. The maximum Gasteiger partial charge on any atom is 0.266 e. The molecule has 0 saturated carbocycles. The summed E-state index contributed by atoms with van der Waals surface area (Å²) in [5.74, 6) is 0.00134. The third-order valence-electron chi connectivity index (χ3n) is 2.88. The van der Waals surface area contributed by atoms with Crippen LogP contribution in [0.5, 0.6) is 0 Å². The van der Waals surface area contributed by atoms with Crippen LogP contribution in [0.25, 0.3) is 6.08 Å². The van der Waals surface area contributed by atoms with Crippen molar-refractivity contribution in [1.82, 2.24) is 4.90 Å². The standard InChI is InChI=1S/C15H17NOS3/c1-15(2,3)16-13(17)12(20-14(16)18)9-10-5-7-11(19-4)8-6-10/h5-9H,1-4H3/b12-9-. The van der Waals surface area contributed by atoms with Gasteiger partial charge in [0.05, 0.1) is 4.91 Å². The van der Waals surface area contributed by atoms with E-state index >= 15 is 0 Å². The molecule has 0 bridgehead atoms. The number of amides is 1. The third kappa shape index (κ3) is 3.27. The van der Waals surface area contributed by atoms with Gasteiger partial charge in [0.25, 0.3) is 5.91 Å². The van der Waals surface area contributed by atoms with Gasteiger partial charge in [0.1, 0.15) is 4.32 Å². The lowest BCUT2D eigenvalue weighted by Gasteiger charge is -2.30. The van der Waals surface area contributed by atoms with Gasteiger partial charge in [-0.15, -0.1) is 11.8 Å². The fraction of sp³-hybridized carbons (Fsp3) is 0.333. The first-order chi connectivity index (χ1) is 9.32. The van der Waals surface area contributed by atoms with Crippen molar-refractivity contribution in [1.29, 1.82) is 0 Å². The average molecular weight is 324 g/mol. The van der Waals surface area contributed by atoms with Crippen molar-refractivity contribution in [2.75, 3.05) is 6.26 Å². The van der Waals surface area contributed by atoms with E-state index in [0.717, 1.165) is 5.56 Å². The summed E-state index contributed by atoms with van der Waals surface area (Å²) in [5.41, 5.74) is 0.747. The number of rotatable bonds is 2. The largest absolute Gasteiger partial charge is 0.288 e. The van der Waals surface area contributed by atoms with E-state index in [0.29, 0.717) is 9.23 Å². The molecule has 1 aromatic carbocycles. The quantitative estimate of drug-likeness (QED) is 0.456. The minimum absolute atomic E-state index is 0.00134. The molecule has 1 fully saturated rings. The second kappa shape index (κ2) is 5.92. The molecule has 0 atom stereocenters. The Morgan fingerprint density at radius 3 is 2.30 bits per heavy atom. The number of thioether (sulfide) groups is 2. The first-order valence-corrected chi connectivity index (χ1v) is 8.70. The van der Waals surface area contributed by atoms with Crippen LogP contribution in [-0.4, -0.2) is 26.9 Å². The van der Waals surface area contributed by atoms with Gasteiger partial charge in [0.2, 0.25) is 0 Å². The zero-order valence-corrected chi connectivity index (χ0v) is 14.4. The van der Waals surface area contributed by atoms with Crippen molar-refractivity contribution in [3.05, 3.63) is 34.7 Å². The van der Waals surface area contributed by atoms with Gasteiger partial charge in [-0.1, -0.05) is 36.1 Å². The predicted octanol–water partition coefficient (Wildman–Crippen LogP) is 4.41. The van der Waals surface area contributed by atoms with Gasteiger partial charge < -0.3 is 0 Å². The minimum atomic E-state index is -0.278. The fourth-order valence-electron chi connectivity index (χ4n) is 1.90. The highest BCUT2D eigenvalue weighted by Gasteiger charge is 2.38. The fourth-order valence-corrected chi connectivity index (χ4v) is 3.94. The molecule has 1 amide bonds. The summed E-state index contributed by atoms with van der Waals surface area (Å²) in [7, 11) is 0. The summed E-state index contributed by atoms with van der Waals surface area (Å²) < 4.78 is 0.634. The molecule has 5 heteroatoms. The number of benzene rings is 1. The van der Waals surface area contributed by atoms with E-state index in [1.165, 1.54) is 16.7 Å². The summed E-state index contributed by atoms with van der Waals surface area (Å²) >= 11 is 8.40. The van der Waals surface area contributed by atoms with Crippen LogP contribution in [-0.2, 0) is 4.79 Å². The maximum absolute atomic E-state index is 12.4. The molecule has 1 aliphatic rings. The van der Waals surface area contributed by atoms with Crippen LogP contribution in [0.3, 0.4) is 0 Å². The van der Waals surface area contributed by atoms with Crippen LogP contribution in [0, 0.1) is 0 Å². The van der Waals surface area contributed by atoms with Crippen molar-refractivity contribution in [3.63, 3.8) is 0 Å². The number of carbonyl (C=O) groups is 1. The molecule has 0 radical (unpaired) electrons. The molecule has 1 aromatic rings. The van der Waals surface area contributed by atoms with E-state index in [2.05, 4.69) is 12.1 Å². The molecular weight excluding hydrogens is 306 g/mol. The number of carbonyl (C=O) groups excluding carboxylic acids is 1. The number of nitrogens with zero attached hydrogens (tertiary/aromatic N) is 1. The lowest BCUT2D eigenvalue weighted by Crippen LogP contribution is -2.44. The summed E-state index contributed by atoms with van der Waals surface area (Å²) in [5, 5.41) is 0. The van der Waals surface area contributed by atoms with Gasteiger partial charge in [0, 0.05) is 10.4 Å². The first kappa shape index (κ1) is 15.6. The smallest absolute Gasteiger partial charge is 0.266 e. The molecule has 0 spiro atoms. The Morgan fingerprint density at radius 1 is 1.25 bits per heavy atom. The molecule has 106 valence electrons. The number of thiocarbonyl (C=S) groups is 1. The predicted molar refractivity (Wildman–Crippen MR) is 93.0 cm³/mol. The van der Waals surface area contributed by atoms with E-state index in [1.807, 2.05) is 45.2 Å². The van der Waals surface area contributed by atoms with Crippen LogP contribution < -0.4 is 0 Å². The highest BCUT2D eigenvalue weighted by atomic mass is 32.2. The lowest BCUT2D eigenvalue weighted by molar-refractivity contribution is -0.125. The number of hydrogen-bond acceptors (Lipinski definition) is 4. The summed E-state index contributed by atoms with van der Waals surface area (Å²) in [6.45, 7) is 5.98. The SMILES string of the molecule is CSc1ccc(/C=C2\SC(=S)N(C(C)(C)C)C2=O)cc1. The second-order valence-corrected chi connectivity index (χ2v) is 8.02. The lowest BCUT2D eigenvalue weighted by atomic mass is 10.1. The third-order valence-corrected chi connectivity index (χ3v) is 4.92. The van der Waals surface area contributed by atoms with Gasteiger partial charge in [-0.2, -0.15) is 0 Å². The Balaban J connectivity index is 2.27. The molecule has 20 heavy (non-hydrogen) atoms. The Hall–Kier alpha value is -0.780. The number of hydrogen-bond donors (Lipinski definition) is 0. The van der Waals surface area contributed by atoms with Crippen LogP contribution in [0.4, 0.5) is 0 Å². The molecule has 1 aliphatic heterocycles. The van der Waals surface area contributed by atoms with Gasteiger partial charge in [-0.05, 0) is 50.8 Å². The summed E-state index contributed by atoms with van der Waals surface area (Å²) in [4.78, 5) is 16.0. The molecule has 2 nitrogen and oxygen atoms in total. The van der Waals surface area contributed by atoms with Crippen molar-refractivity contribution in [2.24, 2.45) is 0 Å². The van der Waals surface area contributed by atoms with E-state index in [-0.39, 0.29) is 11.4 Å². The van der Waals surface area contributed by atoms with Crippen LogP contribution in [0.15, 0.2) is 34.1 Å². The van der Waals surface area contributed by atoms with Crippen molar-refractivity contribution < 1.29 is 4.79 Å². The van der Waals surface area contributed by atoms with Crippen molar-refractivity contribution >= 4 is 52.0 Å². The van der Waals surface area contributed by atoms with Crippen LogP contribution in [0.1, 0.15) is 26.3 Å². The first-order valence-electron chi connectivity index (χ1n) is 6.25. The van der Waals surface area contributed by atoms with E-state index in [9.17, 15) is 4.79 Å². The zero-order chi connectivity index (χ0) is 14.9. The van der Waals surface area contributed by atoms with E-state index < -0.39 is 0 Å².